The van der Waals surface area contributed by atoms with Gasteiger partial charge in [-0.3, -0.25) is 0 Å². The Morgan fingerprint density at radius 3 is 2.67 bits per heavy atom. The molecule has 1 aromatic heterocycles. The minimum atomic E-state index is -0.935. The van der Waals surface area contributed by atoms with E-state index in [0.717, 1.165) is 31.7 Å². The van der Waals surface area contributed by atoms with Crippen LogP contribution in [0.25, 0.3) is 0 Å². The Labute approximate surface area is 111 Å². The molecule has 0 aliphatic carbocycles. The van der Waals surface area contributed by atoms with Gasteiger partial charge in [0.15, 0.2) is 4.77 Å². The van der Waals surface area contributed by atoms with E-state index < -0.39 is 5.97 Å². The summed E-state index contributed by atoms with van der Waals surface area (Å²) >= 11 is 5.08. The van der Waals surface area contributed by atoms with Crippen molar-refractivity contribution in [2.24, 2.45) is 7.05 Å². The second kappa shape index (κ2) is 5.67. The molecular weight excluding hydrogens is 250 g/mol. The van der Waals surface area contributed by atoms with Gasteiger partial charge in [-0.05, 0) is 38.1 Å². The zero-order chi connectivity index (χ0) is 13.1. The fourth-order valence-electron chi connectivity index (χ4n) is 2.47. The molecule has 0 unspecified atom stereocenters. The fourth-order valence-corrected chi connectivity index (χ4v) is 2.68. The maximum atomic E-state index is 11.1. The summed E-state index contributed by atoms with van der Waals surface area (Å²) in [6.07, 6.45) is 4.53. The number of nitrogens with zero attached hydrogens (tertiary/aromatic N) is 2. The molecule has 0 amide bonds. The first-order valence-corrected chi connectivity index (χ1v) is 6.74. The number of aromatic nitrogens is 2. The van der Waals surface area contributed by atoms with Crippen LogP contribution in [0.3, 0.4) is 0 Å². The van der Waals surface area contributed by atoms with Crippen molar-refractivity contribution >= 4 is 18.2 Å². The van der Waals surface area contributed by atoms with Crippen LogP contribution in [0.1, 0.15) is 35.4 Å². The highest BCUT2D eigenvalue weighted by molar-refractivity contribution is 7.71. The van der Waals surface area contributed by atoms with Crippen molar-refractivity contribution in [2.75, 3.05) is 19.6 Å². The molecular formula is C12H19N3O2S. The largest absolute Gasteiger partial charge is 0.477 e. The first kappa shape index (κ1) is 13.3. The fraction of sp³-hybridized carbons (Fsp3) is 0.667. The summed E-state index contributed by atoms with van der Waals surface area (Å²) in [6, 6.07) is 0. The Hall–Kier alpha value is -1.14. The second-order valence-corrected chi connectivity index (χ2v) is 5.16. The van der Waals surface area contributed by atoms with Gasteiger partial charge in [0.1, 0.15) is 5.69 Å². The summed E-state index contributed by atoms with van der Waals surface area (Å²) in [4.78, 5) is 16.3. The molecule has 1 saturated heterocycles. The number of nitrogens with one attached hydrogen (secondary N) is 1. The van der Waals surface area contributed by atoms with Crippen molar-refractivity contribution in [2.45, 2.75) is 25.7 Å². The first-order valence-electron chi connectivity index (χ1n) is 6.33. The lowest BCUT2D eigenvalue weighted by Crippen LogP contribution is -2.32. The number of carbonyl (C=O) groups is 1. The quantitative estimate of drug-likeness (QED) is 0.818. The number of hydrogen-bond donors (Lipinski definition) is 2. The van der Waals surface area contributed by atoms with E-state index in [9.17, 15) is 4.79 Å². The molecule has 1 aliphatic rings. The molecule has 0 saturated carbocycles. The summed E-state index contributed by atoms with van der Waals surface area (Å²) in [5.41, 5.74) is 1.03. The van der Waals surface area contributed by atoms with Gasteiger partial charge >= 0.3 is 5.97 Å². The second-order valence-electron chi connectivity index (χ2n) is 4.77. The summed E-state index contributed by atoms with van der Waals surface area (Å²) in [6.45, 7) is 3.15. The third-order valence-electron chi connectivity index (χ3n) is 3.56. The molecule has 2 rings (SSSR count). The number of likely N-dealkylation sites (tertiary alicyclic amines) is 1. The van der Waals surface area contributed by atoms with Gasteiger partial charge in [-0.25, -0.2) is 4.79 Å². The molecule has 18 heavy (non-hydrogen) atoms. The maximum absolute atomic E-state index is 11.1. The number of imidazole rings is 1. The van der Waals surface area contributed by atoms with Crippen LogP contribution < -0.4 is 0 Å². The van der Waals surface area contributed by atoms with Gasteiger partial charge in [0.25, 0.3) is 0 Å². The third kappa shape index (κ3) is 2.81. The number of carboxylic acids is 1. The summed E-state index contributed by atoms with van der Waals surface area (Å²) in [7, 11) is 1.82. The molecule has 1 aliphatic heterocycles. The van der Waals surface area contributed by atoms with Crippen molar-refractivity contribution in [1.29, 1.82) is 0 Å². The van der Waals surface area contributed by atoms with Crippen molar-refractivity contribution in [1.82, 2.24) is 14.5 Å². The van der Waals surface area contributed by atoms with Crippen molar-refractivity contribution in [3.8, 4) is 0 Å². The maximum Gasteiger partial charge on any atom is 0.354 e. The van der Waals surface area contributed by atoms with Gasteiger partial charge in [-0.2, -0.15) is 0 Å². The first-order chi connectivity index (χ1) is 8.59. The Bertz CT molecular complexity index is 486. The Morgan fingerprint density at radius 2 is 2.06 bits per heavy atom. The van der Waals surface area contributed by atoms with Gasteiger partial charge in [0.2, 0.25) is 0 Å². The van der Waals surface area contributed by atoms with E-state index in [0.29, 0.717) is 4.77 Å². The topological polar surface area (TPSA) is 61.3 Å². The van der Waals surface area contributed by atoms with E-state index >= 15 is 0 Å². The number of rotatable bonds is 4. The number of piperidine rings is 1. The van der Waals surface area contributed by atoms with Gasteiger partial charge in [-0.15, -0.1) is 0 Å². The predicted molar refractivity (Wildman–Crippen MR) is 71.6 cm³/mol. The minimum absolute atomic E-state index is 0.236. The highest BCUT2D eigenvalue weighted by atomic mass is 32.1. The van der Waals surface area contributed by atoms with Crippen LogP contribution in [0.4, 0.5) is 0 Å². The number of hydrogen-bond acceptors (Lipinski definition) is 3. The zero-order valence-electron chi connectivity index (χ0n) is 10.6. The number of carboxylic acid groups (broad SMARTS) is 1. The van der Waals surface area contributed by atoms with Crippen LogP contribution in [0.5, 0.6) is 0 Å². The highest BCUT2D eigenvalue weighted by Crippen LogP contribution is 2.13. The monoisotopic (exact) mass is 269 g/mol. The van der Waals surface area contributed by atoms with Gasteiger partial charge in [0.05, 0.1) is 5.69 Å². The van der Waals surface area contributed by atoms with Crippen molar-refractivity contribution < 1.29 is 9.90 Å². The van der Waals surface area contributed by atoms with Crippen molar-refractivity contribution in [3.63, 3.8) is 0 Å². The Kier molecular flexibility index (Phi) is 4.19. The van der Waals surface area contributed by atoms with Crippen LogP contribution in [0.2, 0.25) is 0 Å². The van der Waals surface area contributed by atoms with Crippen LogP contribution in [-0.4, -0.2) is 45.2 Å². The summed E-state index contributed by atoms with van der Waals surface area (Å²) < 4.78 is 2.24. The molecule has 0 radical (unpaired) electrons. The molecule has 100 valence electrons. The lowest BCUT2D eigenvalue weighted by molar-refractivity contribution is 0.0689. The van der Waals surface area contributed by atoms with Gasteiger partial charge in [0, 0.05) is 20.0 Å². The predicted octanol–water partition coefficient (Wildman–Crippen LogP) is 1.81. The van der Waals surface area contributed by atoms with E-state index in [2.05, 4.69) is 9.88 Å². The third-order valence-corrected chi connectivity index (χ3v) is 3.93. The lowest BCUT2D eigenvalue weighted by atomic mass is 10.1. The van der Waals surface area contributed by atoms with Crippen LogP contribution in [0, 0.1) is 4.77 Å². The summed E-state index contributed by atoms with van der Waals surface area (Å²) in [5, 5.41) is 9.14. The van der Waals surface area contributed by atoms with Crippen LogP contribution >= 0.6 is 12.2 Å². The molecule has 2 N–H and O–H groups in total. The number of H-pyrrole nitrogens is 1. The Morgan fingerprint density at radius 1 is 1.39 bits per heavy atom. The highest BCUT2D eigenvalue weighted by Gasteiger charge is 2.17. The SMILES string of the molecule is Cn1c(CCN2CCCCC2)c(C(=O)O)[nH]c1=S. The van der Waals surface area contributed by atoms with Gasteiger partial charge < -0.3 is 19.6 Å². The minimum Gasteiger partial charge on any atom is -0.477 e. The van der Waals surface area contributed by atoms with E-state index in [4.69, 9.17) is 17.3 Å². The number of aromatic carboxylic acids is 1. The molecule has 0 spiro atoms. The smallest absolute Gasteiger partial charge is 0.354 e. The van der Waals surface area contributed by atoms with E-state index in [1.807, 2.05) is 7.05 Å². The molecule has 0 bridgehead atoms. The van der Waals surface area contributed by atoms with E-state index in [-0.39, 0.29) is 5.69 Å². The molecule has 1 fully saturated rings. The molecule has 1 aromatic rings. The average Bonchev–Trinajstić information content (AvgIpc) is 2.65. The standard InChI is InChI=1S/C12H19N3O2S/c1-14-9(10(11(16)17)13-12(14)18)5-8-15-6-3-2-4-7-15/h2-8H2,1H3,(H,13,18)(H,16,17). The molecule has 2 heterocycles. The van der Waals surface area contributed by atoms with Crippen molar-refractivity contribution in [3.05, 3.63) is 16.2 Å². The Balaban J connectivity index is 2.08. The number of aromatic amines is 1. The molecule has 5 nitrogen and oxygen atoms in total. The average molecular weight is 269 g/mol. The lowest BCUT2D eigenvalue weighted by Gasteiger charge is -2.26. The molecule has 6 heteroatoms. The zero-order valence-corrected chi connectivity index (χ0v) is 11.4. The van der Waals surface area contributed by atoms with Crippen LogP contribution in [-0.2, 0) is 13.5 Å². The van der Waals surface area contributed by atoms with Crippen LogP contribution in [0.15, 0.2) is 0 Å². The molecule has 0 atom stereocenters. The van der Waals surface area contributed by atoms with E-state index in [1.54, 1.807) is 4.57 Å². The molecule has 0 aromatic carbocycles. The van der Waals surface area contributed by atoms with E-state index in [1.165, 1.54) is 19.3 Å². The van der Waals surface area contributed by atoms with Gasteiger partial charge in [-0.1, -0.05) is 6.42 Å². The summed E-state index contributed by atoms with van der Waals surface area (Å²) in [5.74, 6) is -0.935. The normalized spacial score (nSPS) is 16.9.